The summed E-state index contributed by atoms with van der Waals surface area (Å²) < 4.78 is 0. The lowest BCUT2D eigenvalue weighted by molar-refractivity contribution is -0.114. The van der Waals surface area contributed by atoms with Gasteiger partial charge in [0.2, 0.25) is 5.91 Å². The van der Waals surface area contributed by atoms with Gasteiger partial charge in [-0.2, -0.15) is 0 Å². The second kappa shape index (κ2) is 9.66. The van der Waals surface area contributed by atoms with Crippen molar-refractivity contribution < 1.29 is 9.59 Å². The van der Waals surface area contributed by atoms with Crippen molar-refractivity contribution in [3.8, 4) is 0 Å². The summed E-state index contributed by atoms with van der Waals surface area (Å²) in [6, 6.07) is 16.7. The maximum absolute atomic E-state index is 12.8. The zero-order valence-corrected chi connectivity index (χ0v) is 17.2. The van der Waals surface area contributed by atoms with Crippen LogP contribution in [0.1, 0.15) is 27.9 Å². The van der Waals surface area contributed by atoms with Crippen molar-refractivity contribution in [3.05, 3.63) is 70.7 Å². The molecular formula is C21H22N6O2S. The van der Waals surface area contributed by atoms with Crippen molar-refractivity contribution in [1.29, 1.82) is 5.41 Å². The van der Waals surface area contributed by atoms with E-state index in [0.29, 0.717) is 34.2 Å². The van der Waals surface area contributed by atoms with Crippen molar-refractivity contribution in [1.82, 2.24) is 4.98 Å². The summed E-state index contributed by atoms with van der Waals surface area (Å²) in [4.78, 5) is 29.1. The van der Waals surface area contributed by atoms with Gasteiger partial charge in [0, 0.05) is 18.3 Å². The molecule has 9 heteroatoms. The van der Waals surface area contributed by atoms with E-state index in [2.05, 4.69) is 20.9 Å². The quantitative estimate of drug-likeness (QED) is 0.294. The molecular weight excluding hydrogens is 400 g/mol. The SMILES string of the molecule is CC(=O)Nc1nc(CCc2ccc(NC(=N)N)cc2)c(C(=O)Nc2ccccc2)s1. The summed E-state index contributed by atoms with van der Waals surface area (Å²) in [5.74, 6) is -0.616. The van der Waals surface area contributed by atoms with Gasteiger partial charge in [-0.15, -0.1) is 0 Å². The molecule has 0 aliphatic carbocycles. The minimum absolute atomic E-state index is 0.121. The Morgan fingerprint density at radius 2 is 1.63 bits per heavy atom. The highest BCUT2D eigenvalue weighted by molar-refractivity contribution is 7.17. The topological polar surface area (TPSA) is 133 Å². The van der Waals surface area contributed by atoms with Crippen molar-refractivity contribution in [2.45, 2.75) is 19.8 Å². The molecule has 0 fully saturated rings. The van der Waals surface area contributed by atoms with E-state index in [9.17, 15) is 9.59 Å². The molecule has 0 spiro atoms. The Balaban J connectivity index is 1.75. The fraction of sp³-hybridized carbons (Fsp3) is 0.143. The highest BCUT2D eigenvalue weighted by atomic mass is 32.1. The zero-order chi connectivity index (χ0) is 21.5. The van der Waals surface area contributed by atoms with Crippen molar-refractivity contribution in [2.75, 3.05) is 16.0 Å². The molecule has 6 N–H and O–H groups in total. The number of benzene rings is 2. The molecule has 0 unspecified atom stereocenters. The van der Waals surface area contributed by atoms with E-state index >= 15 is 0 Å². The Hall–Kier alpha value is -3.72. The highest BCUT2D eigenvalue weighted by Gasteiger charge is 2.19. The van der Waals surface area contributed by atoms with E-state index in [0.717, 1.165) is 22.6 Å². The van der Waals surface area contributed by atoms with Gasteiger partial charge in [-0.3, -0.25) is 15.0 Å². The molecule has 0 saturated heterocycles. The number of nitrogens with zero attached hydrogens (tertiary/aromatic N) is 1. The molecule has 0 bridgehead atoms. The first-order valence-corrected chi connectivity index (χ1v) is 10.1. The van der Waals surface area contributed by atoms with Crippen molar-refractivity contribution in [3.63, 3.8) is 0 Å². The minimum atomic E-state index is -0.258. The van der Waals surface area contributed by atoms with Crippen molar-refractivity contribution in [2.24, 2.45) is 5.73 Å². The summed E-state index contributed by atoms with van der Waals surface area (Å²) in [6.45, 7) is 1.40. The Labute approximate surface area is 178 Å². The Morgan fingerprint density at radius 3 is 2.27 bits per heavy atom. The Kier molecular flexibility index (Phi) is 6.76. The van der Waals surface area contributed by atoms with Crippen LogP contribution in [0.5, 0.6) is 0 Å². The van der Waals surface area contributed by atoms with Crippen LogP contribution < -0.4 is 21.7 Å². The first kappa shape index (κ1) is 21.0. The molecule has 8 nitrogen and oxygen atoms in total. The first-order valence-electron chi connectivity index (χ1n) is 9.24. The smallest absolute Gasteiger partial charge is 0.267 e. The van der Waals surface area contributed by atoms with Crippen LogP contribution >= 0.6 is 11.3 Å². The lowest BCUT2D eigenvalue weighted by atomic mass is 10.1. The predicted octanol–water partition coefficient (Wildman–Crippen LogP) is 3.44. The van der Waals surface area contributed by atoms with Gasteiger partial charge in [-0.05, 0) is 42.7 Å². The van der Waals surface area contributed by atoms with Crippen LogP contribution in [0.2, 0.25) is 0 Å². The molecule has 1 aromatic heterocycles. The van der Waals surface area contributed by atoms with Crippen LogP contribution in [-0.2, 0) is 17.6 Å². The van der Waals surface area contributed by atoms with Gasteiger partial charge < -0.3 is 21.7 Å². The monoisotopic (exact) mass is 422 g/mol. The summed E-state index contributed by atoms with van der Waals surface area (Å²) in [6.07, 6.45) is 1.20. The number of carbonyl (C=O) groups excluding carboxylic acids is 2. The number of guanidine groups is 1. The largest absolute Gasteiger partial charge is 0.370 e. The number of aromatic nitrogens is 1. The third-order valence-corrected chi connectivity index (χ3v) is 5.11. The summed E-state index contributed by atoms with van der Waals surface area (Å²) in [5, 5.41) is 15.9. The number of amides is 2. The van der Waals surface area contributed by atoms with Gasteiger partial charge in [0.05, 0.1) is 5.69 Å². The van der Waals surface area contributed by atoms with E-state index in [-0.39, 0.29) is 17.8 Å². The number of hydrogen-bond acceptors (Lipinski definition) is 5. The standard InChI is InChI=1S/C21H22N6O2S/c1-13(28)24-21-27-17(12-9-14-7-10-16(11-8-14)26-20(22)23)18(30-21)19(29)25-15-5-3-2-4-6-15/h2-8,10-11H,9,12H2,1H3,(H,25,29)(H4,22,23,26)(H,24,27,28). The van der Waals surface area contributed by atoms with Gasteiger partial charge >= 0.3 is 0 Å². The number of hydrogen-bond donors (Lipinski definition) is 5. The number of aryl methyl sites for hydroxylation is 2. The van der Waals surface area contributed by atoms with Crippen molar-refractivity contribution >= 4 is 45.6 Å². The maximum atomic E-state index is 12.8. The highest BCUT2D eigenvalue weighted by Crippen LogP contribution is 2.26. The molecule has 0 aliphatic rings. The Morgan fingerprint density at radius 1 is 0.967 bits per heavy atom. The van der Waals surface area contributed by atoms with Gasteiger partial charge in [0.1, 0.15) is 4.88 Å². The first-order chi connectivity index (χ1) is 14.4. The number of rotatable bonds is 7. The van der Waals surface area contributed by atoms with Crippen LogP contribution in [0.3, 0.4) is 0 Å². The molecule has 0 radical (unpaired) electrons. The molecule has 0 saturated carbocycles. The third kappa shape index (κ3) is 5.89. The number of nitrogens with one attached hydrogen (secondary N) is 4. The molecule has 0 atom stereocenters. The molecule has 1 heterocycles. The number of carbonyl (C=O) groups is 2. The van der Waals surface area contributed by atoms with Crippen LogP contribution in [0, 0.1) is 5.41 Å². The molecule has 0 aliphatic heterocycles. The third-order valence-electron chi connectivity index (χ3n) is 4.10. The van der Waals surface area contributed by atoms with E-state index < -0.39 is 0 Å². The van der Waals surface area contributed by atoms with Gasteiger partial charge in [-0.25, -0.2) is 4.98 Å². The van der Waals surface area contributed by atoms with Crippen LogP contribution in [0.15, 0.2) is 54.6 Å². The average molecular weight is 423 g/mol. The van der Waals surface area contributed by atoms with E-state index in [4.69, 9.17) is 11.1 Å². The van der Waals surface area contributed by atoms with Crippen LogP contribution in [0.25, 0.3) is 0 Å². The molecule has 3 rings (SSSR count). The van der Waals surface area contributed by atoms with E-state index in [1.54, 1.807) is 0 Å². The zero-order valence-electron chi connectivity index (χ0n) is 16.4. The van der Waals surface area contributed by atoms with Gasteiger partial charge in [-0.1, -0.05) is 41.7 Å². The number of anilines is 3. The summed E-state index contributed by atoms with van der Waals surface area (Å²) >= 11 is 1.16. The fourth-order valence-corrected chi connectivity index (χ4v) is 3.74. The fourth-order valence-electron chi connectivity index (χ4n) is 2.78. The lowest BCUT2D eigenvalue weighted by Crippen LogP contribution is -2.20. The second-order valence-corrected chi connectivity index (χ2v) is 7.53. The molecule has 2 amide bonds. The normalized spacial score (nSPS) is 10.3. The average Bonchev–Trinajstić information content (AvgIpc) is 3.10. The molecule has 154 valence electrons. The summed E-state index contributed by atoms with van der Waals surface area (Å²) in [5.41, 5.74) is 8.43. The van der Waals surface area contributed by atoms with Gasteiger partial charge in [0.15, 0.2) is 11.1 Å². The number of para-hydroxylation sites is 1. The number of thiazole rings is 1. The Bertz CT molecular complexity index is 1050. The second-order valence-electron chi connectivity index (χ2n) is 6.53. The molecule has 30 heavy (non-hydrogen) atoms. The summed E-state index contributed by atoms with van der Waals surface area (Å²) in [7, 11) is 0. The van der Waals surface area contributed by atoms with Gasteiger partial charge in [0.25, 0.3) is 5.91 Å². The number of nitrogens with two attached hydrogens (primary N) is 1. The van der Waals surface area contributed by atoms with E-state index in [1.165, 1.54) is 6.92 Å². The maximum Gasteiger partial charge on any atom is 0.267 e. The predicted molar refractivity (Wildman–Crippen MR) is 120 cm³/mol. The minimum Gasteiger partial charge on any atom is -0.370 e. The lowest BCUT2D eigenvalue weighted by Gasteiger charge is -2.07. The van der Waals surface area contributed by atoms with Crippen LogP contribution in [0.4, 0.5) is 16.5 Å². The van der Waals surface area contributed by atoms with Crippen LogP contribution in [-0.4, -0.2) is 22.8 Å². The molecule has 3 aromatic rings. The van der Waals surface area contributed by atoms with E-state index in [1.807, 2.05) is 54.6 Å². The molecule has 2 aromatic carbocycles.